The Morgan fingerprint density at radius 2 is 1.37 bits per heavy atom. The van der Waals surface area contributed by atoms with Crippen molar-refractivity contribution < 1.29 is 34.0 Å². The molecule has 5 heterocycles. The van der Waals surface area contributed by atoms with Crippen molar-refractivity contribution >= 4 is 29.7 Å². The van der Waals surface area contributed by atoms with Gasteiger partial charge in [-0.1, -0.05) is 48.7 Å². The number of carbonyl (C=O) groups is 2. The first-order valence-corrected chi connectivity index (χ1v) is 23.4. The summed E-state index contributed by atoms with van der Waals surface area (Å²) in [6.45, 7) is 11.1. The van der Waals surface area contributed by atoms with Crippen LogP contribution in [0.5, 0.6) is 5.75 Å². The van der Waals surface area contributed by atoms with Gasteiger partial charge in [0.1, 0.15) is 24.4 Å². The van der Waals surface area contributed by atoms with E-state index in [-0.39, 0.29) is 36.7 Å². The normalized spacial score (nSPS) is 15.6. The summed E-state index contributed by atoms with van der Waals surface area (Å²) in [5.74, 6) is 3.83. The van der Waals surface area contributed by atoms with Gasteiger partial charge in [-0.15, -0.1) is 16.6 Å². The second-order valence-electron chi connectivity index (χ2n) is 16.6. The first-order valence-electron chi connectivity index (χ1n) is 23.4. The maximum Gasteiger partial charge on any atom is 0.247 e. The molecule has 4 aromatic rings. The number of phenols is 1. The molecular formula is C45H67N15O7. The lowest BCUT2D eigenvalue weighted by atomic mass is 9.97. The monoisotopic (exact) mass is 930 g/mol. The maximum absolute atomic E-state index is 14.3. The van der Waals surface area contributed by atoms with E-state index in [2.05, 4.69) is 50.6 Å². The Bertz CT molecular complexity index is 2150. The number of anilines is 3. The van der Waals surface area contributed by atoms with Crippen LogP contribution in [0.3, 0.4) is 0 Å². The molecule has 3 aromatic heterocycles. The molecule has 22 heteroatoms. The third kappa shape index (κ3) is 14.7. The molecular weight excluding hydrogens is 863 g/mol. The van der Waals surface area contributed by atoms with Crippen LogP contribution < -0.4 is 20.9 Å². The molecule has 22 nitrogen and oxygen atoms in total. The molecule has 2 aliphatic heterocycles. The zero-order valence-corrected chi connectivity index (χ0v) is 38.9. The van der Waals surface area contributed by atoms with Crippen molar-refractivity contribution in [3.8, 4) is 18.1 Å². The Balaban J connectivity index is 1.12. The van der Waals surface area contributed by atoms with Crippen LogP contribution in [-0.4, -0.2) is 188 Å². The number of benzene rings is 1. The average Bonchev–Trinajstić information content (AvgIpc) is 4.03. The quantitative estimate of drug-likeness (QED) is 0.0475. The van der Waals surface area contributed by atoms with Gasteiger partial charge in [0.05, 0.1) is 44.4 Å². The van der Waals surface area contributed by atoms with Gasteiger partial charge in [-0.05, 0) is 49.4 Å². The Hall–Kier alpha value is -5.99. The molecule has 2 amide bonds. The predicted octanol–water partition coefficient (Wildman–Crippen LogP) is 0.740. The average molecular weight is 930 g/mol. The summed E-state index contributed by atoms with van der Waals surface area (Å²) < 4.78 is 19.8. The molecule has 364 valence electrons. The summed E-state index contributed by atoms with van der Waals surface area (Å²) >= 11 is 0. The second kappa shape index (κ2) is 26.4. The SMILES string of the molecule is C#CCOCCOCCOCCNc1nc(N2CCN(C(=O)[C@H]([C@@H](C)CC)n3cc(CCCCN)nn3)CC2)nc(N2CCN(C(=O)[C@H](Cc3ccc(O)cc3)n3cc(CCO)nn3)CC2)n1. The molecule has 0 saturated carbocycles. The highest BCUT2D eigenvalue weighted by Gasteiger charge is 2.35. The number of amides is 2. The van der Waals surface area contributed by atoms with Crippen molar-refractivity contribution in [1.29, 1.82) is 0 Å². The fourth-order valence-electron chi connectivity index (χ4n) is 7.87. The molecule has 0 radical (unpaired) electrons. The lowest BCUT2D eigenvalue weighted by molar-refractivity contribution is -0.137. The van der Waals surface area contributed by atoms with Crippen molar-refractivity contribution in [1.82, 2.24) is 54.7 Å². The Labute approximate surface area is 392 Å². The van der Waals surface area contributed by atoms with E-state index in [1.807, 2.05) is 20.9 Å². The number of aryl methyl sites for hydroxylation is 1. The number of aromatic hydroxyl groups is 1. The first-order chi connectivity index (χ1) is 32.7. The van der Waals surface area contributed by atoms with Crippen LogP contribution in [0.2, 0.25) is 0 Å². The van der Waals surface area contributed by atoms with Crippen LogP contribution in [0, 0.1) is 18.3 Å². The highest BCUT2D eigenvalue weighted by Crippen LogP contribution is 2.26. The van der Waals surface area contributed by atoms with E-state index in [0.717, 1.165) is 36.9 Å². The fraction of sp³-hybridized carbons (Fsp3) is 0.622. The zero-order valence-electron chi connectivity index (χ0n) is 38.9. The number of nitrogens with zero attached hydrogens (tertiary/aromatic N) is 13. The summed E-state index contributed by atoms with van der Waals surface area (Å²) in [5.41, 5.74) is 7.99. The topological polar surface area (TPSA) is 253 Å². The number of phenolic OH excluding ortho intramolecular Hbond substituents is 1. The Morgan fingerprint density at radius 3 is 1.99 bits per heavy atom. The number of hydrogen-bond acceptors (Lipinski definition) is 18. The summed E-state index contributed by atoms with van der Waals surface area (Å²) in [6, 6.07) is 5.59. The largest absolute Gasteiger partial charge is 0.508 e. The first kappa shape index (κ1) is 50.4. The van der Waals surface area contributed by atoms with Crippen molar-refractivity contribution in [3.63, 3.8) is 0 Å². The van der Waals surface area contributed by atoms with Crippen LogP contribution in [0.4, 0.5) is 17.8 Å². The molecule has 67 heavy (non-hydrogen) atoms. The van der Waals surface area contributed by atoms with Crippen molar-refractivity contribution in [3.05, 3.63) is 53.6 Å². The Morgan fingerprint density at radius 1 is 0.791 bits per heavy atom. The van der Waals surface area contributed by atoms with Crippen molar-refractivity contribution in [2.75, 3.05) is 127 Å². The molecule has 0 spiro atoms. The van der Waals surface area contributed by atoms with Gasteiger partial charge in [0.25, 0.3) is 0 Å². The standard InChI is InChI=1S/C45H67N15O7/c1-4-25-65-27-29-67-30-28-66-26-15-47-43-48-44(57-20-16-55(17-21-57)41(63)39(31-35-9-11-38(62)12-10-35)59-32-37(13-24-61)52-53-59)50-45(49-43)58-22-18-56(19-23-58)42(64)40(34(3)5-2)60-33-36(51-54-60)8-6-7-14-46/h1,9-12,32-34,39-40,61-62H,5-8,13-31,46H2,2-3H3,(H,47,48,49,50)/t34-,39-,40-/m0/s1. The van der Waals surface area contributed by atoms with E-state index in [0.29, 0.717) is 135 Å². The van der Waals surface area contributed by atoms with Gasteiger partial charge in [0, 0.05) is 90.7 Å². The lowest BCUT2D eigenvalue weighted by Crippen LogP contribution is -2.52. The minimum absolute atomic E-state index is 0.0147. The van der Waals surface area contributed by atoms with Crippen LogP contribution >= 0.6 is 0 Å². The molecule has 0 bridgehead atoms. The minimum atomic E-state index is -0.691. The van der Waals surface area contributed by atoms with Crippen LogP contribution in [0.15, 0.2) is 36.7 Å². The summed E-state index contributed by atoms with van der Waals surface area (Å²) in [4.78, 5) is 50.9. The van der Waals surface area contributed by atoms with Gasteiger partial charge in [-0.2, -0.15) is 15.0 Å². The number of carbonyl (C=O) groups excluding carboxylic acids is 2. The highest BCUT2D eigenvalue weighted by atomic mass is 16.5. The van der Waals surface area contributed by atoms with Crippen LogP contribution in [0.25, 0.3) is 0 Å². The van der Waals surface area contributed by atoms with Gasteiger partial charge in [-0.25, -0.2) is 9.36 Å². The minimum Gasteiger partial charge on any atom is -0.508 e. The van der Waals surface area contributed by atoms with Gasteiger partial charge >= 0.3 is 0 Å². The number of rotatable bonds is 27. The number of aliphatic hydroxyl groups excluding tert-OH is 1. The van der Waals surface area contributed by atoms with E-state index in [1.165, 1.54) is 0 Å². The number of hydrogen-bond donors (Lipinski definition) is 4. The second-order valence-corrected chi connectivity index (χ2v) is 16.6. The number of aliphatic hydroxyl groups is 1. The van der Waals surface area contributed by atoms with Gasteiger partial charge < -0.3 is 55.1 Å². The van der Waals surface area contributed by atoms with Gasteiger partial charge in [-0.3, -0.25) is 9.59 Å². The summed E-state index contributed by atoms with van der Waals surface area (Å²) in [5, 5.41) is 39.9. The third-order valence-electron chi connectivity index (χ3n) is 11.9. The molecule has 6 rings (SSSR count). The van der Waals surface area contributed by atoms with E-state index >= 15 is 0 Å². The number of terminal acetylenes is 1. The summed E-state index contributed by atoms with van der Waals surface area (Å²) in [6.07, 6.45) is 12.9. The number of ether oxygens (including phenoxy) is 3. The van der Waals surface area contributed by atoms with Crippen LogP contribution in [-0.2, 0) is 43.1 Å². The molecule has 2 aliphatic rings. The number of aromatic nitrogens is 9. The third-order valence-corrected chi connectivity index (χ3v) is 11.9. The molecule has 0 aliphatic carbocycles. The van der Waals surface area contributed by atoms with E-state index in [1.54, 1.807) is 39.8 Å². The van der Waals surface area contributed by atoms with Crippen molar-refractivity contribution in [2.24, 2.45) is 11.7 Å². The van der Waals surface area contributed by atoms with E-state index < -0.39 is 12.1 Å². The smallest absolute Gasteiger partial charge is 0.247 e. The molecule has 3 atom stereocenters. The molecule has 2 saturated heterocycles. The number of nitrogens with one attached hydrogen (secondary N) is 1. The van der Waals surface area contributed by atoms with Gasteiger partial charge in [0.2, 0.25) is 29.7 Å². The van der Waals surface area contributed by atoms with Crippen molar-refractivity contribution in [2.45, 2.75) is 64.5 Å². The number of piperazine rings is 2. The summed E-state index contributed by atoms with van der Waals surface area (Å²) in [7, 11) is 0. The zero-order chi connectivity index (χ0) is 47.4. The van der Waals surface area contributed by atoms with Crippen LogP contribution in [0.1, 0.15) is 62.1 Å². The Kier molecular flexibility index (Phi) is 19.8. The molecule has 5 N–H and O–H groups in total. The van der Waals surface area contributed by atoms with E-state index in [9.17, 15) is 19.8 Å². The molecule has 0 unspecified atom stereocenters. The lowest BCUT2D eigenvalue weighted by Gasteiger charge is -2.38. The molecule has 2 fully saturated rings. The molecule has 1 aromatic carbocycles. The number of unbranched alkanes of at least 4 members (excludes halogenated alkanes) is 1. The maximum atomic E-state index is 14.3. The fourth-order valence-corrected chi connectivity index (χ4v) is 7.87. The van der Waals surface area contributed by atoms with Gasteiger partial charge in [0.15, 0.2) is 0 Å². The highest BCUT2D eigenvalue weighted by molar-refractivity contribution is 5.81. The van der Waals surface area contributed by atoms with E-state index in [4.69, 9.17) is 41.3 Å². The number of nitrogens with two attached hydrogens (primary N) is 1. The predicted molar refractivity (Wildman–Crippen MR) is 249 cm³/mol.